The number of hydrogen-bond donors (Lipinski definition) is 0. The summed E-state index contributed by atoms with van der Waals surface area (Å²) < 4.78 is 43.9. The highest BCUT2D eigenvalue weighted by Crippen LogP contribution is 2.19. The first kappa shape index (κ1) is 15.9. The van der Waals surface area contributed by atoms with Gasteiger partial charge in [-0.1, -0.05) is 23.7 Å². The van der Waals surface area contributed by atoms with Crippen molar-refractivity contribution < 1.29 is 21.7 Å². The molecule has 0 spiro atoms. The number of hydrogen-bond acceptors (Lipinski definition) is 5. The zero-order valence-electron chi connectivity index (χ0n) is 10.6. The molecule has 0 aromatic heterocycles. The van der Waals surface area contributed by atoms with E-state index in [2.05, 4.69) is 0 Å². The van der Waals surface area contributed by atoms with Gasteiger partial charge in [0.2, 0.25) is 0 Å². The molecule has 0 heterocycles. The van der Waals surface area contributed by atoms with Gasteiger partial charge >= 0.3 is 8.69 Å². The van der Waals surface area contributed by atoms with E-state index in [9.17, 15) is 13.0 Å². The van der Waals surface area contributed by atoms with Gasteiger partial charge in [-0.3, -0.25) is 4.18 Å². The molecular weight excluding hydrogens is 335 g/mol. The van der Waals surface area contributed by atoms with Crippen LogP contribution in [0.3, 0.4) is 0 Å². The van der Waals surface area contributed by atoms with Crippen LogP contribution in [0.15, 0.2) is 53.4 Å². The first-order chi connectivity index (χ1) is 10.0. The van der Waals surface area contributed by atoms with Crippen LogP contribution in [0.25, 0.3) is 0 Å². The first-order valence-corrected chi connectivity index (χ1v) is 8.26. The van der Waals surface area contributed by atoms with E-state index >= 15 is 0 Å². The summed E-state index contributed by atoms with van der Waals surface area (Å²) in [5.41, 5.74) is 0.641. The van der Waals surface area contributed by atoms with Gasteiger partial charge in [0.25, 0.3) is 10.1 Å². The van der Waals surface area contributed by atoms with Crippen molar-refractivity contribution in [2.24, 2.45) is 0 Å². The minimum absolute atomic E-state index is 0.0389. The second kappa shape index (κ2) is 7.00. The fourth-order valence-corrected chi connectivity index (χ4v) is 2.73. The van der Waals surface area contributed by atoms with Crippen molar-refractivity contribution in [2.75, 3.05) is 0 Å². The molecule has 0 aliphatic rings. The van der Waals surface area contributed by atoms with Gasteiger partial charge in [-0.05, 0) is 42.0 Å². The maximum absolute atomic E-state index is 12.0. The SMILES string of the molecule is O=POc1ccc(COS(=O)(=O)c2ccc(Cl)cc2)cc1. The van der Waals surface area contributed by atoms with Crippen molar-refractivity contribution >= 4 is 30.4 Å². The van der Waals surface area contributed by atoms with Crippen LogP contribution in [0.4, 0.5) is 0 Å². The van der Waals surface area contributed by atoms with Crippen molar-refractivity contribution in [3.63, 3.8) is 0 Å². The van der Waals surface area contributed by atoms with Crippen LogP contribution in [0.2, 0.25) is 5.02 Å². The lowest BCUT2D eigenvalue weighted by molar-refractivity contribution is 0.308. The van der Waals surface area contributed by atoms with Crippen LogP contribution in [0, 0.1) is 0 Å². The standard InChI is InChI=1S/C13H10ClO5PS/c14-11-3-7-13(8-4-11)21(16,17)18-9-10-1-5-12(6-2-10)19-20-15/h1-8H,9H2. The van der Waals surface area contributed by atoms with E-state index < -0.39 is 18.8 Å². The molecule has 2 aromatic rings. The van der Waals surface area contributed by atoms with Crippen LogP contribution in [-0.2, 0) is 25.5 Å². The predicted molar refractivity (Wildman–Crippen MR) is 78.1 cm³/mol. The van der Waals surface area contributed by atoms with Crippen molar-refractivity contribution in [1.82, 2.24) is 0 Å². The largest absolute Gasteiger partial charge is 0.408 e. The van der Waals surface area contributed by atoms with Crippen LogP contribution in [0.1, 0.15) is 5.56 Å². The summed E-state index contributed by atoms with van der Waals surface area (Å²) in [6, 6.07) is 12.1. The van der Waals surface area contributed by atoms with Crippen molar-refractivity contribution in [3.8, 4) is 5.75 Å². The highest BCUT2D eigenvalue weighted by molar-refractivity contribution is 7.86. The van der Waals surface area contributed by atoms with Gasteiger partial charge in [0.15, 0.2) is 0 Å². The minimum atomic E-state index is -3.84. The fourth-order valence-electron chi connectivity index (χ4n) is 1.50. The third kappa shape index (κ3) is 4.51. The van der Waals surface area contributed by atoms with E-state index in [0.29, 0.717) is 16.3 Å². The highest BCUT2D eigenvalue weighted by Gasteiger charge is 2.15. The van der Waals surface area contributed by atoms with E-state index in [4.69, 9.17) is 20.3 Å². The van der Waals surface area contributed by atoms with E-state index in [1.165, 1.54) is 24.3 Å². The fraction of sp³-hybridized carbons (Fsp3) is 0.0769. The molecule has 110 valence electrons. The lowest BCUT2D eigenvalue weighted by Crippen LogP contribution is -2.06. The molecular formula is C13H10ClO5PS. The Morgan fingerprint density at radius 3 is 2.19 bits per heavy atom. The van der Waals surface area contributed by atoms with Crippen LogP contribution < -0.4 is 4.52 Å². The normalized spacial score (nSPS) is 11.5. The van der Waals surface area contributed by atoms with Gasteiger partial charge < -0.3 is 4.52 Å². The Bertz CT molecular complexity index is 713. The Balaban J connectivity index is 2.04. The molecule has 0 aliphatic carbocycles. The predicted octanol–water partition coefficient (Wildman–Crippen LogP) is 3.83. The third-order valence-electron chi connectivity index (χ3n) is 2.55. The summed E-state index contributed by atoms with van der Waals surface area (Å²) in [6.45, 7) is -0.111. The van der Waals surface area contributed by atoms with Crippen LogP contribution in [-0.4, -0.2) is 8.42 Å². The van der Waals surface area contributed by atoms with Crippen molar-refractivity contribution in [3.05, 3.63) is 59.1 Å². The Hall–Kier alpha value is -1.46. The number of rotatable bonds is 6. The third-order valence-corrected chi connectivity index (χ3v) is 4.36. The Labute approximate surface area is 128 Å². The van der Waals surface area contributed by atoms with Gasteiger partial charge in [0.1, 0.15) is 5.75 Å². The summed E-state index contributed by atoms with van der Waals surface area (Å²) in [5.74, 6) is 0.413. The molecule has 0 atom stereocenters. The molecule has 0 amide bonds. The topological polar surface area (TPSA) is 69.7 Å². The zero-order chi connectivity index (χ0) is 15.3. The van der Waals surface area contributed by atoms with E-state index in [1.54, 1.807) is 24.3 Å². The first-order valence-electron chi connectivity index (χ1n) is 5.75. The molecule has 0 fully saturated rings. The van der Waals surface area contributed by atoms with E-state index in [-0.39, 0.29) is 11.5 Å². The lowest BCUT2D eigenvalue weighted by atomic mass is 10.2. The summed E-state index contributed by atoms with van der Waals surface area (Å²) >= 11 is 5.70. The summed E-state index contributed by atoms with van der Waals surface area (Å²) in [4.78, 5) is 0.0389. The maximum atomic E-state index is 12.0. The van der Waals surface area contributed by atoms with Gasteiger partial charge in [-0.2, -0.15) is 8.42 Å². The zero-order valence-corrected chi connectivity index (χ0v) is 13.1. The molecule has 0 radical (unpaired) electrons. The maximum Gasteiger partial charge on any atom is 0.395 e. The van der Waals surface area contributed by atoms with Gasteiger partial charge in [0, 0.05) is 5.02 Å². The van der Waals surface area contributed by atoms with Crippen LogP contribution >= 0.6 is 20.3 Å². The molecule has 2 aromatic carbocycles. The summed E-state index contributed by atoms with van der Waals surface area (Å²) in [5, 5.41) is 0.446. The smallest absolute Gasteiger partial charge is 0.395 e. The van der Waals surface area contributed by atoms with Crippen LogP contribution in [0.5, 0.6) is 5.75 Å². The van der Waals surface area contributed by atoms with Gasteiger partial charge in [-0.15, -0.1) is 0 Å². The Morgan fingerprint density at radius 2 is 1.62 bits per heavy atom. The monoisotopic (exact) mass is 344 g/mol. The summed E-state index contributed by atoms with van der Waals surface area (Å²) in [7, 11) is -4.28. The Morgan fingerprint density at radius 1 is 1.00 bits per heavy atom. The quantitative estimate of drug-likeness (QED) is 0.588. The second-order valence-corrected chi connectivity index (χ2v) is 6.36. The second-order valence-electron chi connectivity index (χ2n) is 3.98. The van der Waals surface area contributed by atoms with Gasteiger partial charge in [-0.25, -0.2) is 4.57 Å². The van der Waals surface area contributed by atoms with E-state index in [0.717, 1.165) is 0 Å². The highest BCUT2D eigenvalue weighted by atomic mass is 35.5. The Kier molecular flexibility index (Phi) is 5.31. The van der Waals surface area contributed by atoms with Gasteiger partial charge in [0.05, 0.1) is 11.5 Å². The number of halogens is 1. The van der Waals surface area contributed by atoms with Crippen molar-refractivity contribution in [2.45, 2.75) is 11.5 Å². The average molecular weight is 345 g/mol. The molecule has 0 saturated heterocycles. The molecule has 0 saturated carbocycles. The lowest BCUT2D eigenvalue weighted by Gasteiger charge is -2.06. The number of benzene rings is 2. The molecule has 0 aliphatic heterocycles. The van der Waals surface area contributed by atoms with Crippen molar-refractivity contribution in [1.29, 1.82) is 0 Å². The molecule has 0 bridgehead atoms. The molecule has 8 heteroatoms. The molecule has 5 nitrogen and oxygen atoms in total. The van der Waals surface area contributed by atoms with E-state index in [1.807, 2.05) is 0 Å². The average Bonchev–Trinajstić information content (AvgIpc) is 2.47. The molecule has 0 N–H and O–H groups in total. The summed E-state index contributed by atoms with van der Waals surface area (Å²) in [6.07, 6.45) is 0. The molecule has 2 rings (SSSR count). The molecule has 0 unspecified atom stereocenters. The minimum Gasteiger partial charge on any atom is -0.408 e. The molecule has 21 heavy (non-hydrogen) atoms.